The largest absolute Gasteiger partial charge is 0.334 e. The monoisotopic (exact) mass is 346 g/mol. The molecule has 0 bridgehead atoms. The molecule has 0 atom stereocenters. The van der Waals surface area contributed by atoms with E-state index >= 15 is 0 Å². The summed E-state index contributed by atoms with van der Waals surface area (Å²) in [6, 6.07) is 6.48. The smallest absolute Gasteiger partial charge is 0.321 e. The molecule has 2 rings (SSSR count). The van der Waals surface area contributed by atoms with Crippen LogP contribution in [0.25, 0.3) is 10.9 Å². The van der Waals surface area contributed by atoms with Gasteiger partial charge in [-0.25, -0.2) is 9.78 Å². The number of rotatable bonds is 6. The molecule has 1 aromatic carbocycles. The predicted molar refractivity (Wildman–Crippen MR) is 94.1 cm³/mol. The number of aromatic nitrogens is 2. The number of carbonyl (C=O) groups is 2. The number of nitrogens with one attached hydrogen (secondary N) is 2. The molecule has 0 saturated heterocycles. The Morgan fingerprint density at radius 3 is 2.83 bits per heavy atom. The quantitative estimate of drug-likeness (QED) is 0.470. The van der Waals surface area contributed by atoms with E-state index in [1.54, 1.807) is 24.3 Å². The highest BCUT2D eigenvalue weighted by molar-refractivity contribution is 7.99. The summed E-state index contributed by atoms with van der Waals surface area (Å²) < 4.78 is 1.51. The van der Waals surface area contributed by atoms with Crippen LogP contribution in [0.4, 0.5) is 4.79 Å². The maximum Gasteiger partial charge on any atom is 0.321 e. The van der Waals surface area contributed by atoms with Gasteiger partial charge in [-0.1, -0.05) is 30.0 Å². The molecule has 2 aromatic rings. The first-order valence-corrected chi connectivity index (χ1v) is 8.36. The minimum atomic E-state index is -0.583. The Labute approximate surface area is 143 Å². The lowest BCUT2D eigenvalue weighted by molar-refractivity contribution is -0.117. The fraction of sp³-hybridized carbons (Fsp3) is 0.250. The summed E-state index contributed by atoms with van der Waals surface area (Å²) in [5.41, 5.74) is 0.438. The fourth-order valence-corrected chi connectivity index (χ4v) is 2.90. The molecule has 24 heavy (non-hydrogen) atoms. The standard InChI is InChI=1S/C16H18N4O3S/c1-3-9-17-15(23)19-13(21)10-24-16-18-12-8-6-5-7-11(12)14(22)20(16)4-2/h3,5-8H,1,4,9-10H2,2H3,(H2,17,19,21,23). The summed E-state index contributed by atoms with van der Waals surface area (Å²) in [4.78, 5) is 40.1. The Hall–Kier alpha value is -2.61. The summed E-state index contributed by atoms with van der Waals surface area (Å²) in [6.45, 7) is 6.02. The first-order valence-electron chi connectivity index (χ1n) is 7.37. The van der Waals surface area contributed by atoms with Gasteiger partial charge in [0.15, 0.2) is 5.16 Å². The summed E-state index contributed by atoms with van der Waals surface area (Å²) >= 11 is 1.11. The van der Waals surface area contributed by atoms with Crippen molar-refractivity contribution in [2.75, 3.05) is 12.3 Å². The molecule has 0 spiro atoms. The van der Waals surface area contributed by atoms with E-state index < -0.39 is 11.9 Å². The SMILES string of the molecule is C=CCNC(=O)NC(=O)CSc1nc2ccccc2c(=O)n1CC. The Morgan fingerprint density at radius 1 is 1.38 bits per heavy atom. The van der Waals surface area contributed by atoms with E-state index in [4.69, 9.17) is 0 Å². The Morgan fingerprint density at radius 2 is 2.12 bits per heavy atom. The zero-order chi connectivity index (χ0) is 17.5. The van der Waals surface area contributed by atoms with Gasteiger partial charge in [0.25, 0.3) is 5.56 Å². The van der Waals surface area contributed by atoms with Crippen LogP contribution in [0.2, 0.25) is 0 Å². The average Bonchev–Trinajstić information content (AvgIpc) is 2.58. The van der Waals surface area contributed by atoms with Crippen molar-refractivity contribution in [3.63, 3.8) is 0 Å². The minimum Gasteiger partial charge on any atom is -0.334 e. The number of hydrogen-bond donors (Lipinski definition) is 2. The number of fused-ring (bicyclic) bond motifs is 1. The van der Waals surface area contributed by atoms with E-state index in [1.165, 1.54) is 10.6 Å². The van der Waals surface area contributed by atoms with Crippen molar-refractivity contribution in [2.24, 2.45) is 0 Å². The molecule has 0 fully saturated rings. The van der Waals surface area contributed by atoms with Crippen LogP contribution in [0.5, 0.6) is 0 Å². The Bertz CT molecular complexity index is 832. The van der Waals surface area contributed by atoms with Crippen molar-refractivity contribution in [1.29, 1.82) is 0 Å². The maximum atomic E-state index is 12.5. The lowest BCUT2D eigenvalue weighted by Crippen LogP contribution is -2.40. The summed E-state index contributed by atoms with van der Waals surface area (Å²) in [7, 11) is 0. The summed E-state index contributed by atoms with van der Waals surface area (Å²) in [6.07, 6.45) is 1.51. The van der Waals surface area contributed by atoms with E-state index in [0.717, 1.165) is 11.8 Å². The molecule has 2 N–H and O–H groups in total. The molecule has 1 heterocycles. The van der Waals surface area contributed by atoms with Gasteiger partial charge in [0, 0.05) is 13.1 Å². The first kappa shape index (κ1) is 17.7. The van der Waals surface area contributed by atoms with Crippen LogP contribution >= 0.6 is 11.8 Å². The fourth-order valence-electron chi connectivity index (χ4n) is 2.04. The van der Waals surface area contributed by atoms with Gasteiger partial charge in [-0.2, -0.15) is 0 Å². The Balaban J connectivity index is 2.12. The van der Waals surface area contributed by atoms with Gasteiger partial charge in [-0.05, 0) is 19.1 Å². The highest BCUT2D eigenvalue weighted by Gasteiger charge is 2.13. The molecular formula is C16H18N4O3S. The van der Waals surface area contributed by atoms with Gasteiger partial charge in [0.1, 0.15) is 0 Å². The molecule has 8 heteroatoms. The maximum absolute atomic E-state index is 12.5. The minimum absolute atomic E-state index is 0.0215. The molecule has 0 unspecified atom stereocenters. The highest BCUT2D eigenvalue weighted by Crippen LogP contribution is 2.17. The third-order valence-electron chi connectivity index (χ3n) is 3.14. The second-order valence-corrected chi connectivity index (χ2v) is 5.74. The summed E-state index contributed by atoms with van der Waals surface area (Å²) in [5.74, 6) is -0.488. The Kier molecular flexibility index (Phi) is 6.14. The number of urea groups is 1. The number of imide groups is 1. The number of para-hydroxylation sites is 1. The van der Waals surface area contributed by atoms with Crippen LogP contribution in [0, 0.1) is 0 Å². The molecule has 0 aliphatic carbocycles. The van der Waals surface area contributed by atoms with Crippen LogP contribution in [-0.4, -0.2) is 33.8 Å². The number of thioether (sulfide) groups is 1. The number of benzene rings is 1. The molecule has 1 aromatic heterocycles. The van der Waals surface area contributed by atoms with Gasteiger partial charge in [0.05, 0.1) is 16.7 Å². The van der Waals surface area contributed by atoms with Crippen LogP contribution in [-0.2, 0) is 11.3 Å². The van der Waals surface area contributed by atoms with Crippen LogP contribution < -0.4 is 16.2 Å². The van der Waals surface area contributed by atoms with E-state index in [9.17, 15) is 14.4 Å². The molecule has 0 saturated carbocycles. The number of carbonyl (C=O) groups excluding carboxylic acids is 2. The van der Waals surface area contributed by atoms with Gasteiger partial charge < -0.3 is 5.32 Å². The molecule has 0 radical (unpaired) electrons. The van der Waals surface area contributed by atoms with Gasteiger partial charge in [-0.3, -0.25) is 19.5 Å². The van der Waals surface area contributed by atoms with Crippen molar-refractivity contribution < 1.29 is 9.59 Å². The topological polar surface area (TPSA) is 93.1 Å². The van der Waals surface area contributed by atoms with Gasteiger partial charge in [0.2, 0.25) is 5.91 Å². The second kappa shape index (κ2) is 8.30. The van der Waals surface area contributed by atoms with Crippen LogP contribution in [0.1, 0.15) is 6.92 Å². The van der Waals surface area contributed by atoms with E-state index in [1.807, 2.05) is 6.92 Å². The van der Waals surface area contributed by atoms with Crippen LogP contribution in [0.3, 0.4) is 0 Å². The van der Waals surface area contributed by atoms with E-state index in [0.29, 0.717) is 22.6 Å². The van der Waals surface area contributed by atoms with E-state index in [2.05, 4.69) is 22.2 Å². The van der Waals surface area contributed by atoms with Crippen molar-refractivity contribution in [2.45, 2.75) is 18.6 Å². The third kappa shape index (κ3) is 4.23. The number of hydrogen-bond acceptors (Lipinski definition) is 5. The molecule has 126 valence electrons. The van der Waals surface area contributed by atoms with Gasteiger partial charge in [-0.15, -0.1) is 6.58 Å². The van der Waals surface area contributed by atoms with E-state index in [-0.39, 0.29) is 17.9 Å². The van der Waals surface area contributed by atoms with Crippen molar-refractivity contribution in [1.82, 2.24) is 20.2 Å². The second-order valence-electron chi connectivity index (χ2n) is 4.80. The van der Waals surface area contributed by atoms with Crippen molar-refractivity contribution >= 4 is 34.6 Å². The first-order chi connectivity index (χ1) is 11.6. The van der Waals surface area contributed by atoms with Crippen LogP contribution in [0.15, 0.2) is 46.9 Å². The zero-order valence-corrected chi connectivity index (χ0v) is 14.1. The highest BCUT2D eigenvalue weighted by atomic mass is 32.2. The summed E-state index contributed by atoms with van der Waals surface area (Å²) in [5, 5.41) is 5.64. The van der Waals surface area contributed by atoms with Gasteiger partial charge >= 0.3 is 6.03 Å². The predicted octanol–water partition coefficient (Wildman–Crippen LogP) is 1.52. The lowest BCUT2D eigenvalue weighted by Gasteiger charge is -2.11. The zero-order valence-electron chi connectivity index (χ0n) is 13.2. The molecular weight excluding hydrogens is 328 g/mol. The van der Waals surface area contributed by atoms with Crippen molar-refractivity contribution in [3.05, 3.63) is 47.3 Å². The number of amides is 3. The average molecular weight is 346 g/mol. The molecule has 3 amide bonds. The normalized spacial score (nSPS) is 10.4. The molecule has 7 nitrogen and oxygen atoms in total. The third-order valence-corrected chi connectivity index (χ3v) is 4.11. The molecule has 0 aliphatic rings. The lowest BCUT2D eigenvalue weighted by atomic mass is 10.2. The number of nitrogens with zero attached hydrogens (tertiary/aromatic N) is 2. The molecule has 0 aliphatic heterocycles. The van der Waals surface area contributed by atoms with Crippen molar-refractivity contribution in [3.8, 4) is 0 Å².